The van der Waals surface area contributed by atoms with Crippen molar-refractivity contribution in [2.75, 3.05) is 26.7 Å². The Kier molecular flexibility index (Phi) is 7.48. The predicted octanol–water partition coefficient (Wildman–Crippen LogP) is 6.03. The fourth-order valence-corrected chi connectivity index (χ4v) is 4.81. The molecule has 0 fully saturated rings. The number of ether oxygens (including phenoxy) is 1. The van der Waals surface area contributed by atoms with E-state index < -0.39 is 5.97 Å². The zero-order valence-electron chi connectivity index (χ0n) is 20.7. The first-order chi connectivity index (χ1) is 17.7. The Morgan fingerprint density at radius 2 is 1.78 bits per heavy atom. The van der Waals surface area contributed by atoms with Crippen molar-refractivity contribution in [3.63, 3.8) is 0 Å². The van der Waals surface area contributed by atoms with Gasteiger partial charge in [0.15, 0.2) is 0 Å². The van der Waals surface area contributed by atoms with Crippen LogP contribution in [0.2, 0.25) is 0 Å². The summed E-state index contributed by atoms with van der Waals surface area (Å²) in [5.41, 5.74) is 5.24. The standard InChI is InChI=1S/C31H32N2O3/c1-35-29-22-24(9-7-8-17-32-18-14-26(15-19-32)25-10-3-2-4-11-25)21-28(23-29)31(34)36-33-20-16-27-12-5-6-13-30(27)33/h2-6,10-14,16,20-23H,7-9,15,17-19H2,1H3. The van der Waals surface area contributed by atoms with E-state index in [0.29, 0.717) is 11.3 Å². The van der Waals surface area contributed by atoms with Crippen LogP contribution in [0.5, 0.6) is 5.75 Å². The average Bonchev–Trinajstić information content (AvgIpc) is 3.34. The molecule has 1 aliphatic heterocycles. The van der Waals surface area contributed by atoms with Crippen molar-refractivity contribution in [1.29, 1.82) is 0 Å². The molecule has 36 heavy (non-hydrogen) atoms. The lowest BCUT2D eigenvalue weighted by Gasteiger charge is -2.26. The molecule has 0 amide bonds. The molecule has 0 atom stereocenters. The molecule has 5 heteroatoms. The number of para-hydroxylation sites is 1. The summed E-state index contributed by atoms with van der Waals surface area (Å²) in [5, 5.41) is 1.03. The predicted molar refractivity (Wildman–Crippen MR) is 144 cm³/mol. The van der Waals surface area contributed by atoms with E-state index in [9.17, 15) is 4.79 Å². The minimum absolute atomic E-state index is 0.397. The van der Waals surface area contributed by atoms with Crippen LogP contribution < -0.4 is 9.57 Å². The number of carbonyl (C=O) groups excluding carboxylic acids is 1. The van der Waals surface area contributed by atoms with E-state index in [4.69, 9.17) is 9.57 Å². The highest BCUT2D eigenvalue weighted by atomic mass is 16.7. The van der Waals surface area contributed by atoms with E-state index in [-0.39, 0.29) is 0 Å². The minimum atomic E-state index is -0.397. The molecule has 0 bridgehead atoms. The Bertz CT molecular complexity index is 1360. The highest BCUT2D eigenvalue weighted by Crippen LogP contribution is 2.23. The summed E-state index contributed by atoms with van der Waals surface area (Å²) < 4.78 is 6.99. The lowest BCUT2D eigenvalue weighted by Crippen LogP contribution is -2.29. The van der Waals surface area contributed by atoms with Gasteiger partial charge in [-0.3, -0.25) is 4.90 Å². The molecule has 0 saturated carbocycles. The number of aryl methyl sites for hydroxylation is 1. The molecule has 0 aliphatic carbocycles. The van der Waals surface area contributed by atoms with Gasteiger partial charge in [-0.2, -0.15) is 4.73 Å². The third kappa shape index (κ3) is 5.69. The molecule has 5 rings (SSSR count). The van der Waals surface area contributed by atoms with Gasteiger partial charge in [-0.25, -0.2) is 4.79 Å². The molecule has 0 saturated heterocycles. The zero-order chi connectivity index (χ0) is 24.7. The van der Waals surface area contributed by atoms with Crippen molar-refractivity contribution >= 4 is 22.4 Å². The average molecular weight is 481 g/mol. The zero-order valence-corrected chi connectivity index (χ0v) is 20.7. The van der Waals surface area contributed by atoms with Gasteiger partial charge in [0.25, 0.3) is 0 Å². The Hall–Kier alpha value is -3.83. The maximum absolute atomic E-state index is 12.9. The SMILES string of the molecule is COc1cc(CCCCN2CC=C(c3ccccc3)CC2)cc(C(=O)On2ccc3ccccc32)c1. The van der Waals surface area contributed by atoms with Crippen LogP contribution in [0.1, 0.15) is 40.7 Å². The summed E-state index contributed by atoms with van der Waals surface area (Å²) in [5.74, 6) is 0.275. The normalized spacial score (nSPS) is 14.0. The molecule has 3 aromatic carbocycles. The van der Waals surface area contributed by atoms with Crippen LogP contribution >= 0.6 is 0 Å². The lowest BCUT2D eigenvalue weighted by molar-refractivity contribution is 0.0482. The molecule has 1 aromatic heterocycles. The number of methoxy groups -OCH3 is 1. The Balaban J connectivity index is 1.15. The number of nitrogens with zero attached hydrogens (tertiary/aromatic N) is 2. The summed E-state index contributed by atoms with van der Waals surface area (Å²) in [6.45, 7) is 3.19. The number of fused-ring (bicyclic) bond motifs is 1. The van der Waals surface area contributed by atoms with Gasteiger partial charge in [0, 0.05) is 24.7 Å². The third-order valence-corrected chi connectivity index (χ3v) is 6.81. The minimum Gasteiger partial charge on any atom is -0.497 e. The van der Waals surface area contributed by atoms with E-state index in [2.05, 4.69) is 41.3 Å². The molecule has 4 aromatic rings. The monoisotopic (exact) mass is 480 g/mol. The van der Waals surface area contributed by atoms with Crippen molar-refractivity contribution in [2.24, 2.45) is 0 Å². The molecule has 0 unspecified atom stereocenters. The second kappa shape index (κ2) is 11.3. The largest absolute Gasteiger partial charge is 0.497 e. The Labute approximate surface area is 212 Å². The fourth-order valence-electron chi connectivity index (χ4n) is 4.81. The Morgan fingerprint density at radius 3 is 2.58 bits per heavy atom. The van der Waals surface area contributed by atoms with E-state index in [0.717, 1.165) is 61.8 Å². The first kappa shape index (κ1) is 23.9. The second-order valence-electron chi connectivity index (χ2n) is 9.25. The van der Waals surface area contributed by atoms with Gasteiger partial charge in [0.1, 0.15) is 5.75 Å². The fraction of sp³-hybridized carbons (Fsp3) is 0.258. The van der Waals surface area contributed by atoms with Gasteiger partial charge < -0.3 is 9.57 Å². The summed E-state index contributed by atoms with van der Waals surface area (Å²) in [6, 6.07) is 26.1. The number of hydrogen-bond donors (Lipinski definition) is 0. The molecule has 5 nitrogen and oxygen atoms in total. The maximum Gasteiger partial charge on any atom is 0.363 e. The molecule has 0 N–H and O–H groups in total. The molecular weight excluding hydrogens is 448 g/mol. The second-order valence-corrected chi connectivity index (χ2v) is 9.25. The van der Waals surface area contributed by atoms with Gasteiger partial charge in [-0.1, -0.05) is 54.6 Å². The summed E-state index contributed by atoms with van der Waals surface area (Å²) in [7, 11) is 1.63. The topological polar surface area (TPSA) is 43.7 Å². The summed E-state index contributed by atoms with van der Waals surface area (Å²) >= 11 is 0. The molecule has 0 radical (unpaired) electrons. The number of carbonyl (C=O) groups is 1. The first-order valence-corrected chi connectivity index (χ1v) is 12.6. The van der Waals surface area contributed by atoms with Crippen LogP contribution in [-0.2, 0) is 6.42 Å². The molecule has 184 valence electrons. The van der Waals surface area contributed by atoms with E-state index in [1.165, 1.54) is 15.9 Å². The van der Waals surface area contributed by atoms with E-state index in [1.807, 2.05) is 42.5 Å². The quantitative estimate of drug-likeness (QED) is 0.274. The van der Waals surface area contributed by atoms with Gasteiger partial charge >= 0.3 is 5.97 Å². The van der Waals surface area contributed by atoms with Crippen molar-refractivity contribution in [2.45, 2.75) is 25.7 Å². The maximum atomic E-state index is 12.9. The molecule has 1 aliphatic rings. The summed E-state index contributed by atoms with van der Waals surface area (Å²) in [6.07, 6.45) is 8.29. The molecular formula is C31H32N2O3. The van der Waals surface area contributed by atoms with Crippen molar-refractivity contribution in [1.82, 2.24) is 9.63 Å². The van der Waals surface area contributed by atoms with Crippen LogP contribution in [0.3, 0.4) is 0 Å². The number of benzene rings is 3. The van der Waals surface area contributed by atoms with Crippen LogP contribution in [0.15, 0.2) is 91.1 Å². The highest BCUT2D eigenvalue weighted by molar-refractivity contribution is 5.91. The van der Waals surface area contributed by atoms with Crippen LogP contribution in [0.4, 0.5) is 0 Å². The third-order valence-electron chi connectivity index (χ3n) is 6.81. The van der Waals surface area contributed by atoms with E-state index in [1.54, 1.807) is 19.4 Å². The summed E-state index contributed by atoms with van der Waals surface area (Å²) in [4.78, 5) is 21.1. The van der Waals surface area contributed by atoms with Crippen molar-refractivity contribution in [3.8, 4) is 5.75 Å². The van der Waals surface area contributed by atoms with Gasteiger partial charge in [0.2, 0.25) is 0 Å². The molecule has 2 heterocycles. The highest BCUT2D eigenvalue weighted by Gasteiger charge is 2.15. The number of hydrogen-bond acceptors (Lipinski definition) is 4. The van der Waals surface area contributed by atoms with Crippen LogP contribution in [-0.4, -0.2) is 42.3 Å². The number of rotatable bonds is 9. The van der Waals surface area contributed by atoms with E-state index >= 15 is 0 Å². The van der Waals surface area contributed by atoms with Crippen LogP contribution in [0, 0.1) is 0 Å². The van der Waals surface area contributed by atoms with Gasteiger partial charge in [-0.15, -0.1) is 0 Å². The van der Waals surface area contributed by atoms with Gasteiger partial charge in [0.05, 0.1) is 18.2 Å². The van der Waals surface area contributed by atoms with Crippen molar-refractivity contribution < 1.29 is 14.4 Å². The Morgan fingerprint density at radius 1 is 0.944 bits per heavy atom. The van der Waals surface area contributed by atoms with Crippen molar-refractivity contribution in [3.05, 3.63) is 108 Å². The van der Waals surface area contributed by atoms with Crippen LogP contribution in [0.25, 0.3) is 16.5 Å². The number of unbranched alkanes of at least 4 members (excludes halogenated alkanes) is 1. The lowest BCUT2D eigenvalue weighted by atomic mass is 9.99. The first-order valence-electron chi connectivity index (χ1n) is 12.6. The van der Waals surface area contributed by atoms with Gasteiger partial charge in [-0.05, 0) is 79.3 Å². The molecule has 0 spiro atoms. The number of aromatic nitrogens is 1. The smallest absolute Gasteiger partial charge is 0.363 e.